The van der Waals surface area contributed by atoms with E-state index in [4.69, 9.17) is 14.0 Å². The van der Waals surface area contributed by atoms with Gasteiger partial charge in [0.25, 0.3) is 0 Å². The average molecular weight is 344 g/mol. The second-order valence-electron chi connectivity index (χ2n) is 5.92. The van der Waals surface area contributed by atoms with Gasteiger partial charge in [0, 0.05) is 12.0 Å². The lowest BCUT2D eigenvalue weighted by Gasteiger charge is -2.07. The summed E-state index contributed by atoms with van der Waals surface area (Å²) in [4.78, 5) is 5.76. The highest BCUT2D eigenvalue weighted by Crippen LogP contribution is 2.30. The first-order chi connectivity index (χ1) is 12.1. The minimum absolute atomic E-state index is 0.294. The molecule has 0 fully saturated rings. The molecule has 0 unspecified atom stereocenters. The molecule has 9 heteroatoms. The Morgan fingerprint density at radius 2 is 1.96 bits per heavy atom. The normalized spacial score (nSPS) is 11.1. The Balaban J connectivity index is 1.75. The fraction of sp³-hybridized carbons (Fsp3) is 0.438. The zero-order valence-corrected chi connectivity index (χ0v) is 14.6. The van der Waals surface area contributed by atoms with Crippen molar-refractivity contribution in [3.8, 4) is 22.9 Å². The van der Waals surface area contributed by atoms with E-state index in [0.29, 0.717) is 41.5 Å². The summed E-state index contributed by atoms with van der Waals surface area (Å²) < 4.78 is 15.7. The first kappa shape index (κ1) is 16.9. The molecule has 2 aromatic heterocycles. The lowest BCUT2D eigenvalue weighted by atomic mass is 10.1. The lowest BCUT2D eigenvalue weighted by molar-refractivity contribution is 0.355. The van der Waals surface area contributed by atoms with E-state index in [1.54, 1.807) is 26.4 Å². The Bertz CT molecular complexity index is 842. The number of hydrogen-bond donors (Lipinski definition) is 0. The molecule has 3 aromatic rings. The Morgan fingerprint density at radius 1 is 1.16 bits per heavy atom. The molecule has 0 aliphatic rings. The van der Waals surface area contributed by atoms with Gasteiger partial charge in [0.15, 0.2) is 17.3 Å². The topological polar surface area (TPSA) is 101 Å². The van der Waals surface area contributed by atoms with Crippen molar-refractivity contribution in [1.29, 1.82) is 0 Å². The molecule has 0 N–H and O–H groups in total. The van der Waals surface area contributed by atoms with E-state index in [0.717, 1.165) is 12.0 Å². The molecule has 0 amide bonds. The lowest BCUT2D eigenvalue weighted by Crippen LogP contribution is -2.06. The van der Waals surface area contributed by atoms with E-state index < -0.39 is 0 Å². The third-order valence-corrected chi connectivity index (χ3v) is 3.47. The summed E-state index contributed by atoms with van der Waals surface area (Å²) in [6.07, 6.45) is 0.745. The molecule has 9 nitrogen and oxygen atoms in total. The van der Waals surface area contributed by atoms with Crippen LogP contribution in [0.25, 0.3) is 11.4 Å². The number of ether oxygens (including phenoxy) is 2. The van der Waals surface area contributed by atoms with Crippen molar-refractivity contribution in [2.75, 3.05) is 14.2 Å². The highest BCUT2D eigenvalue weighted by molar-refractivity contribution is 5.60. The largest absolute Gasteiger partial charge is 0.493 e. The van der Waals surface area contributed by atoms with Gasteiger partial charge in [-0.05, 0) is 29.3 Å². The van der Waals surface area contributed by atoms with E-state index >= 15 is 0 Å². The second kappa shape index (κ2) is 7.29. The quantitative estimate of drug-likeness (QED) is 0.641. The van der Waals surface area contributed by atoms with Crippen molar-refractivity contribution in [1.82, 2.24) is 30.3 Å². The maximum absolute atomic E-state index is 5.30. The first-order valence-corrected chi connectivity index (χ1v) is 7.90. The minimum atomic E-state index is 0.294. The average Bonchev–Trinajstić information content (AvgIpc) is 3.23. The van der Waals surface area contributed by atoms with E-state index in [1.807, 2.05) is 6.07 Å². The predicted molar refractivity (Wildman–Crippen MR) is 88.3 cm³/mol. The van der Waals surface area contributed by atoms with Gasteiger partial charge in [-0.3, -0.25) is 0 Å². The number of nitrogens with zero attached hydrogens (tertiary/aromatic N) is 6. The van der Waals surface area contributed by atoms with E-state index in [9.17, 15) is 0 Å². The molecule has 0 bridgehead atoms. The van der Waals surface area contributed by atoms with Crippen LogP contribution in [0, 0.1) is 5.92 Å². The van der Waals surface area contributed by atoms with Gasteiger partial charge < -0.3 is 14.0 Å². The van der Waals surface area contributed by atoms with Crippen molar-refractivity contribution in [2.45, 2.75) is 26.8 Å². The van der Waals surface area contributed by atoms with Crippen LogP contribution in [-0.4, -0.2) is 44.6 Å². The molecular formula is C16H20N6O3. The molecule has 0 radical (unpaired) electrons. The molecule has 2 heterocycles. The molecule has 0 aliphatic heterocycles. The number of hydrogen-bond acceptors (Lipinski definition) is 8. The monoisotopic (exact) mass is 344 g/mol. The summed E-state index contributed by atoms with van der Waals surface area (Å²) >= 11 is 0. The smallest absolute Gasteiger partial charge is 0.226 e. The Morgan fingerprint density at radius 3 is 2.68 bits per heavy atom. The molecule has 0 atom stereocenters. The highest BCUT2D eigenvalue weighted by atomic mass is 16.5. The molecule has 132 valence electrons. The molecular weight excluding hydrogens is 324 g/mol. The Labute approximate surface area is 144 Å². The summed E-state index contributed by atoms with van der Waals surface area (Å²) in [5, 5.41) is 16.4. The van der Waals surface area contributed by atoms with Crippen LogP contribution in [-0.2, 0) is 13.0 Å². The van der Waals surface area contributed by atoms with Crippen LogP contribution in [0.3, 0.4) is 0 Å². The van der Waals surface area contributed by atoms with Crippen molar-refractivity contribution in [2.24, 2.45) is 5.92 Å². The number of methoxy groups -OCH3 is 2. The van der Waals surface area contributed by atoms with Gasteiger partial charge in [-0.15, -0.1) is 10.2 Å². The van der Waals surface area contributed by atoms with Gasteiger partial charge in [-0.2, -0.15) is 9.78 Å². The van der Waals surface area contributed by atoms with Gasteiger partial charge in [0.1, 0.15) is 6.54 Å². The summed E-state index contributed by atoms with van der Waals surface area (Å²) in [5.74, 6) is 3.31. The van der Waals surface area contributed by atoms with Crippen molar-refractivity contribution >= 4 is 0 Å². The maximum Gasteiger partial charge on any atom is 0.226 e. The van der Waals surface area contributed by atoms with Crippen LogP contribution in [0.15, 0.2) is 22.7 Å². The van der Waals surface area contributed by atoms with Gasteiger partial charge >= 0.3 is 0 Å². The highest BCUT2D eigenvalue weighted by Gasteiger charge is 2.13. The number of benzene rings is 1. The molecule has 1 aromatic carbocycles. The summed E-state index contributed by atoms with van der Waals surface area (Å²) in [6.45, 7) is 4.48. The summed E-state index contributed by atoms with van der Waals surface area (Å²) in [7, 11) is 3.17. The molecule has 25 heavy (non-hydrogen) atoms. The van der Waals surface area contributed by atoms with Crippen LogP contribution >= 0.6 is 0 Å². The first-order valence-electron chi connectivity index (χ1n) is 7.90. The van der Waals surface area contributed by atoms with Crippen molar-refractivity contribution < 1.29 is 14.0 Å². The molecule has 0 saturated heterocycles. The Hall–Kier alpha value is -2.97. The molecule has 0 saturated carbocycles. The molecule has 0 spiro atoms. The van der Waals surface area contributed by atoms with Crippen LogP contribution in [0.5, 0.6) is 11.5 Å². The maximum atomic E-state index is 5.30. The number of tetrazole rings is 1. The SMILES string of the molecule is COc1ccc(-c2nnn(Cc3noc(CC(C)C)n3)n2)cc1OC. The number of rotatable bonds is 7. The zero-order valence-electron chi connectivity index (χ0n) is 14.6. The number of aromatic nitrogens is 6. The van der Waals surface area contributed by atoms with E-state index in [2.05, 4.69) is 39.4 Å². The van der Waals surface area contributed by atoms with Crippen molar-refractivity contribution in [3.63, 3.8) is 0 Å². The summed E-state index contributed by atoms with van der Waals surface area (Å²) in [5.41, 5.74) is 0.775. The third-order valence-electron chi connectivity index (χ3n) is 3.47. The fourth-order valence-electron chi connectivity index (χ4n) is 2.31. The van der Waals surface area contributed by atoms with Gasteiger partial charge in [0.05, 0.1) is 14.2 Å². The van der Waals surface area contributed by atoms with Crippen molar-refractivity contribution in [3.05, 3.63) is 29.9 Å². The fourth-order valence-corrected chi connectivity index (χ4v) is 2.31. The van der Waals surface area contributed by atoms with E-state index in [1.165, 1.54) is 4.80 Å². The standard InChI is InChI=1S/C16H20N6O3/c1-10(2)7-15-17-14(20-25-15)9-22-19-16(18-21-22)11-5-6-12(23-3)13(8-11)24-4/h5-6,8,10H,7,9H2,1-4H3. The van der Waals surface area contributed by atoms with Crippen LogP contribution in [0.2, 0.25) is 0 Å². The molecule has 0 aliphatic carbocycles. The van der Waals surface area contributed by atoms with Gasteiger partial charge in [-0.25, -0.2) is 0 Å². The Kier molecular flexibility index (Phi) is 4.92. The second-order valence-corrected chi connectivity index (χ2v) is 5.92. The van der Waals surface area contributed by atoms with Crippen LogP contribution in [0.4, 0.5) is 0 Å². The predicted octanol–water partition coefficient (Wildman–Crippen LogP) is 1.99. The van der Waals surface area contributed by atoms with Crippen LogP contribution in [0.1, 0.15) is 25.6 Å². The molecule has 3 rings (SSSR count). The zero-order chi connectivity index (χ0) is 17.8. The summed E-state index contributed by atoms with van der Waals surface area (Å²) in [6, 6.07) is 5.44. The van der Waals surface area contributed by atoms with Crippen LogP contribution < -0.4 is 9.47 Å². The van der Waals surface area contributed by atoms with Gasteiger partial charge in [-0.1, -0.05) is 19.0 Å². The minimum Gasteiger partial charge on any atom is -0.493 e. The van der Waals surface area contributed by atoms with E-state index in [-0.39, 0.29) is 0 Å². The third kappa shape index (κ3) is 3.93. The van der Waals surface area contributed by atoms with Gasteiger partial charge in [0.2, 0.25) is 11.7 Å².